The van der Waals surface area contributed by atoms with Gasteiger partial charge in [0.15, 0.2) is 0 Å². The van der Waals surface area contributed by atoms with Crippen LogP contribution >= 0.6 is 0 Å². The highest BCUT2D eigenvalue weighted by Gasteiger charge is 2.43. The number of amides is 1. The van der Waals surface area contributed by atoms with E-state index in [1.165, 1.54) is 17.0 Å². The number of nitrogens with zero attached hydrogens (tertiary/aromatic N) is 1. The largest absolute Gasteiger partial charge is 0.416 e. The Hall–Kier alpha value is -2.56. The molecule has 1 atom stereocenters. The number of rotatable bonds is 3. The van der Waals surface area contributed by atoms with E-state index in [4.69, 9.17) is 0 Å². The van der Waals surface area contributed by atoms with Crippen LogP contribution in [0.1, 0.15) is 24.5 Å². The summed E-state index contributed by atoms with van der Waals surface area (Å²) < 4.78 is 38.0. The predicted octanol–water partition coefficient (Wildman–Crippen LogP) is 4.91. The van der Waals surface area contributed by atoms with Crippen molar-refractivity contribution in [2.45, 2.75) is 24.9 Å². The van der Waals surface area contributed by atoms with Crippen molar-refractivity contribution in [3.63, 3.8) is 0 Å². The molecule has 0 saturated heterocycles. The number of hydrogen-bond donors (Lipinski definition) is 0. The van der Waals surface area contributed by atoms with Crippen molar-refractivity contribution in [3.05, 3.63) is 78.0 Å². The quantitative estimate of drug-likeness (QED) is 0.782. The van der Waals surface area contributed by atoms with Crippen LogP contribution in [0.3, 0.4) is 0 Å². The number of hydrogen-bond acceptors (Lipinski definition) is 1. The molecule has 0 bridgehead atoms. The van der Waals surface area contributed by atoms with Gasteiger partial charge in [-0.1, -0.05) is 37.3 Å². The summed E-state index contributed by atoms with van der Waals surface area (Å²) in [4.78, 5) is 14.4. The Morgan fingerprint density at radius 3 is 2.17 bits per heavy atom. The van der Waals surface area contributed by atoms with Gasteiger partial charge >= 0.3 is 6.18 Å². The summed E-state index contributed by atoms with van der Waals surface area (Å²) in [5, 5.41) is 0. The van der Waals surface area contributed by atoms with Crippen LogP contribution in [-0.4, -0.2) is 5.91 Å². The molecule has 1 aliphatic rings. The fourth-order valence-electron chi connectivity index (χ4n) is 3.00. The van der Waals surface area contributed by atoms with Gasteiger partial charge in [0.05, 0.1) is 11.0 Å². The number of alkyl halides is 3. The van der Waals surface area contributed by atoms with Crippen LogP contribution in [0.4, 0.5) is 18.9 Å². The lowest BCUT2D eigenvalue weighted by molar-refractivity contribution is -0.137. The highest BCUT2D eigenvalue weighted by atomic mass is 19.4. The maximum absolute atomic E-state index is 13.0. The molecule has 2 nitrogen and oxygen atoms in total. The Balaban J connectivity index is 1.93. The van der Waals surface area contributed by atoms with Gasteiger partial charge in [0.2, 0.25) is 5.91 Å². The third-order valence-corrected chi connectivity index (χ3v) is 4.43. The van der Waals surface area contributed by atoms with Gasteiger partial charge in [-0.05, 0) is 42.3 Å². The average Bonchev–Trinajstić information content (AvgIpc) is 2.93. The lowest BCUT2D eigenvalue weighted by Gasteiger charge is -2.27. The molecule has 0 N–H and O–H groups in total. The fourth-order valence-corrected chi connectivity index (χ4v) is 3.00. The Labute approximate surface area is 138 Å². The van der Waals surface area contributed by atoms with E-state index in [0.29, 0.717) is 12.1 Å². The lowest BCUT2D eigenvalue weighted by Crippen LogP contribution is -2.38. The smallest absolute Gasteiger partial charge is 0.287 e. The van der Waals surface area contributed by atoms with Crippen molar-refractivity contribution in [1.82, 2.24) is 0 Å². The molecule has 1 aliphatic heterocycles. The molecule has 24 heavy (non-hydrogen) atoms. The number of benzene rings is 2. The molecule has 0 radical (unpaired) electrons. The van der Waals surface area contributed by atoms with Crippen LogP contribution in [0.5, 0.6) is 0 Å². The highest BCUT2D eigenvalue weighted by molar-refractivity contribution is 6.06. The molecule has 1 amide bonds. The minimum atomic E-state index is -4.39. The van der Waals surface area contributed by atoms with Crippen LogP contribution in [0.15, 0.2) is 66.9 Å². The SMILES string of the molecule is CCC1(c2ccccc2)C=CN(c2ccc(C(F)(F)F)cc2)C1=O. The number of carbonyl (C=O) groups is 1. The van der Waals surface area contributed by atoms with Crippen molar-refractivity contribution in [3.8, 4) is 0 Å². The van der Waals surface area contributed by atoms with Gasteiger partial charge in [0.1, 0.15) is 0 Å². The molecule has 0 aliphatic carbocycles. The van der Waals surface area contributed by atoms with Gasteiger partial charge in [-0.25, -0.2) is 0 Å². The van der Waals surface area contributed by atoms with Crippen molar-refractivity contribution < 1.29 is 18.0 Å². The van der Waals surface area contributed by atoms with Crippen molar-refractivity contribution >= 4 is 11.6 Å². The first-order valence-corrected chi connectivity index (χ1v) is 7.64. The normalized spacial score (nSPS) is 20.7. The summed E-state index contributed by atoms with van der Waals surface area (Å²) >= 11 is 0. The third-order valence-electron chi connectivity index (χ3n) is 4.43. The molecule has 0 saturated carbocycles. The van der Waals surface area contributed by atoms with Gasteiger partial charge in [0.25, 0.3) is 0 Å². The molecule has 124 valence electrons. The molecule has 0 spiro atoms. The molecular weight excluding hydrogens is 315 g/mol. The third kappa shape index (κ3) is 2.60. The molecular formula is C19H16F3NO. The summed E-state index contributed by atoms with van der Waals surface area (Å²) in [5.41, 5.74) is -0.199. The molecule has 1 heterocycles. The zero-order chi connectivity index (χ0) is 17.4. The summed E-state index contributed by atoms with van der Waals surface area (Å²) in [6, 6.07) is 14.0. The molecule has 3 rings (SSSR count). The van der Waals surface area contributed by atoms with Crippen molar-refractivity contribution in [1.29, 1.82) is 0 Å². The zero-order valence-electron chi connectivity index (χ0n) is 13.0. The highest BCUT2D eigenvalue weighted by Crippen LogP contribution is 2.39. The molecule has 0 aromatic heterocycles. The monoisotopic (exact) mass is 331 g/mol. The maximum Gasteiger partial charge on any atom is 0.416 e. The van der Waals surface area contributed by atoms with Crippen LogP contribution in [0.2, 0.25) is 0 Å². The van der Waals surface area contributed by atoms with Gasteiger partial charge in [-0.2, -0.15) is 13.2 Å². The van der Waals surface area contributed by atoms with Crippen molar-refractivity contribution in [2.24, 2.45) is 0 Å². The average molecular weight is 331 g/mol. The Bertz CT molecular complexity index is 765. The van der Waals surface area contributed by atoms with Crippen LogP contribution < -0.4 is 4.90 Å². The van der Waals surface area contributed by atoms with Gasteiger partial charge in [-0.15, -0.1) is 0 Å². The minimum absolute atomic E-state index is 0.157. The standard InChI is InChI=1S/C19H16F3NO/c1-2-18(14-6-4-3-5-7-14)12-13-23(17(18)24)16-10-8-15(9-11-16)19(20,21)22/h3-13H,2H2,1H3. The van der Waals surface area contributed by atoms with Gasteiger partial charge in [0, 0.05) is 11.9 Å². The van der Waals surface area contributed by atoms with E-state index in [1.54, 1.807) is 6.20 Å². The van der Waals surface area contributed by atoms with E-state index in [1.807, 2.05) is 43.3 Å². The molecule has 1 unspecified atom stereocenters. The fraction of sp³-hybridized carbons (Fsp3) is 0.211. The van der Waals surface area contributed by atoms with E-state index < -0.39 is 17.2 Å². The minimum Gasteiger partial charge on any atom is -0.287 e. The van der Waals surface area contributed by atoms with E-state index in [0.717, 1.165) is 17.7 Å². The summed E-state index contributed by atoms with van der Waals surface area (Å²) in [5.74, 6) is -0.157. The lowest BCUT2D eigenvalue weighted by atomic mass is 9.78. The van der Waals surface area contributed by atoms with Crippen LogP contribution in [0, 0.1) is 0 Å². The van der Waals surface area contributed by atoms with E-state index in [2.05, 4.69) is 0 Å². The molecule has 5 heteroatoms. The second-order valence-electron chi connectivity index (χ2n) is 5.73. The van der Waals surface area contributed by atoms with E-state index in [-0.39, 0.29) is 5.91 Å². The topological polar surface area (TPSA) is 20.3 Å². The summed E-state index contributed by atoms with van der Waals surface area (Å²) in [7, 11) is 0. The zero-order valence-corrected chi connectivity index (χ0v) is 13.0. The number of halogens is 3. The summed E-state index contributed by atoms with van der Waals surface area (Å²) in [6.07, 6.45) is -0.353. The first-order chi connectivity index (χ1) is 11.4. The van der Waals surface area contributed by atoms with E-state index >= 15 is 0 Å². The van der Waals surface area contributed by atoms with Crippen molar-refractivity contribution in [2.75, 3.05) is 4.90 Å². The summed E-state index contributed by atoms with van der Waals surface area (Å²) in [6.45, 7) is 1.92. The molecule has 2 aromatic carbocycles. The van der Waals surface area contributed by atoms with Crippen LogP contribution in [0.25, 0.3) is 0 Å². The maximum atomic E-state index is 13.0. The van der Waals surface area contributed by atoms with Gasteiger partial charge in [-0.3, -0.25) is 9.69 Å². The number of carbonyl (C=O) groups excluding carboxylic acids is 1. The Morgan fingerprint density at radius 1 is 1.00 bits per heavy atom. The molecule has 0 fully saturated rings. The molecule has 2 aromatic rings. The second kappa shape index (κ2) is 5.82. The first-order valence-electron chi connectivity index (χ1n) is 7.64. The second-order valence-corrected chi connectivity index (χ2v) is 5.73. The van der Waals surface area contributed by atoms with E-state index in [9.17, 15) is 18.0 Å². The Morgan fingerprint density at radius 2 is 1.62 bits per heavy atom. The van der Waals surface area contributed by atoms with Gasteiger partial charge < -0.3 is 0 Å². The number of anilines is 1. The first kappa shape index (κ1) is 16.3. The predicted molar refractivity (Wildman–Crippen MR) is 86.5 cm³/mol. The van der Waals surface area contributed by atoms with Crippen LogP contribution in [-0.2, 0) is 16.4 Å². The Kier molecular flexibility index (Phi) is 3.95.